The summed E-state index contributed by atoms with van der Waals surface area (Å²) in [6.45, 7) is 2.13. The minimum Gasteiger partial charge on any atom is -0.388 e. The summed E-state index contributed by atoms with van der Waals surface area (Å²) in [4.78, 5) is 0. The minimum atomic E-state index is -0.708. The number of rotatable bonds is 1. The zero-order chi connectivity index (χ0) is 11.6. The van der Waals surface area contributed by atoms with Gasteiger partial charge in [-0.3, -0.25) is 0 Å². The maximum atomic E-state index is 11.0. The van der Waals surface area contributed by atoms with Gasteiger partial charge in [-0.2, -0.15) is 5.26 Å². The van der Waals surface area contributed by atoms with E-state index in [1.54, 1.807) is 0 Å². The van der Waals surface area contributed by atoms with Gasteiger partial charge in [0.1, 0.15) is 0 Å². The molecule has 0 bridgehead atoms. The van der Waals surface area contributed by atoms with Crippen molar-refractivity contribution in [1.82, 2.24) is 0 Å². The summed E-state index contributed by atoms with van der Waals surface area (Å²) >= 11 is 0. The molecule has 2 fully saturated rings. The van der Waals surface area contributed by atoms with Crippen molar-refractivity contribution in [1.29, 1.82) is 5.26 Å². The van der Waals surface area contributed by atoms with Crippen LogP contribution in [0.15, 0.2) is 0 Å². The van der Waals surface area contributed by atoms with Crippen LogP contribution in [0.2, 0.25) is 0 Å². The van der Waals surface area contributed by atoms with E-state index in [-0.39, 0.29) is 0 Å². The largest absolute Gasteiger partial charge is 0.388 e. The van der Waals surface area contributed by atoms with Crippen molar-refractivity contribution in [3.05, 3.63) is 0 Å². The van der Waals surface area contributed by atoms with E-state index in [4.69, 9.17) is 0 Å². The highest BCUT2D eigenvalue weighted by molar-refractivity contribution is 5.14. The van der Waals surface area contributed by atoms with E-state index in [0.29, 0.717) is 5.92 Å². The Hall–Kier alpha value is -0.550. The van der Waals surface area contributed by atoms with Crippen molar-refractivity contribution in [2.45, 2.75) is 70.3 Å². The standard InChI is InChI=1S/C14H23NO/c1-12-7-3-6-10-14(12,16)13(11-15)8-4-2-5-9-13/h12,16H,2-10H2,1H3. The predicted octanol–water partition coefficient (Wildman–Crippen LogP) is 3.40. The van der Waals surface area contributed by atoms with Crippen LogP contribution in [-0.4, -0.2) is 10.7 Å². The first-order valence-electron chi connectivity index (χ1n) is 6.78. The molecule has 2 aliphatic carbocycles. The molecule has 0 aromatic rings. The van der Waals surface area contributed by atoms with Gasteiger partial charge in [-0.05, 0) is 31.6 Å². The van der Waals surface area contributed by atoms with Crippen LogP contribution >= 0.6 is 0 Å². The lowest BCUT2D eigenvalue weighted by Gasteiger charge is -2.50. The fraction of sp³-hybridized carbons (Fsp3) is 0.929. The second-order valence-electron chi connectivity index (χ2n) is 5.83. The second kappa shape index (κ2) is 4.37. The van der Waals surface area contributed by atoms with Crippen LogP contribution in [0.25, 0.3) is 0 Å². The summed E-state index contributed by atoms with van der Waals surface area (Å²) in [5.74, 6) is 0.291. The lowest BCUT2D eigenvalue weighted by Crippen LogP contribution is -2.54. The molecule has 2 rings (SSSR count). The highest BCUT2D eigenvalue weighted by Crippen LogP contribution is 2.52. The fourth-order valence-corrected chi connectivity index (χ4v) is 3.84. The first-order chi connectivity index (χ1) is 7.65. The smallest absolute Gasteiger partial charge is 0.0862 e. The quantitative estimate of drug-likeness (QED) is 0.737. The first kappa shape index (κ1) is 11.9. The van der Waals surface area contributed by atoms with E-state index in [0.717, 1.165) is 44.9 Å². The van der Waals surface area contributed by atoms with Crippen molar-refractivity contribution in [2.75, 3.05) is 0 Å². The molecule has 90 valence electrons. The van der Waals surface area contributed by atoms with Gasteiger partial charge in [-0.15, -0.1) is 0 Å². The molecule has 2 saturated carbocycles. The Balaban J connectivity index is 2.27. The third-order valence-corrected chi connectivity index (χ3v) is 5.01. The molecule has 0 aromatic heterocycles. The lowest BCUT2D eigenvalue weighted by atomic mass is 9.56. The van der Waals surface area contributed by atoms with Gasteiger partial charge in [0.15, 0.2) is 0 Å². The van der Waals surface area contributed by atoms with Gasteiger partial charge in [-0.1, -0.05) is 39.0 Å². The zero-order valence-electron chi connectivity index (χ0n) is 10.3. The Morgan fingerprint density at radius 1 is 1.06 bits per heavy atom. The highest BCUT2D eigenvalue weighted by atomic mass is 16.3. The molecule has 0 amide bonds. The van der Waals surface area contributed by atoms with E-state index < -0.39 is 11.0 Å². The molecule has 0 aromatic carbocycles. The molecule has 2 nitrogen and oxygen atoms in total. The average molecular weight is 221 g/mol. The van der Waals surface area contributed by atoms with Crippen molar-refractivity contribution in [2.24, 2.45) is 11.3 Å². The third kappa shape index (κ3) is 1.66. The maximum Gasteiger partial charge on any atom is 0.0862 e. The van der Waals surface area contributed by atoms with Crippen LogP contribution < -0.4 is 0 Å². The fourth-order valence-electron chi connectivity index (χ4n) is 3.84. The Morgan fingerprint density at radius 3 is 2.25 bits per heavy atom. The highest BCUT2D eigenvalue weighted by Gasteiger charge is 2.54. The van der Waals surface area contributed by atoms with Crippen molar-refractivity contribution >= 4 is 0 Å². The zero-order valence-corrected chi connectivity index (χ0v) is 10.3. The number of aliphatic hydroxyl groups is 1. The number of nitriles is 1. The van der Waals surface area contributed by atoms with E-state index in [2.05, 4.69) is 13.0 Å². The summed E-state index contributed by atoms with van der Waals surface area (Å²) in [5.41, 5.74) is -1.15. The molecular weight excluding hydrogens is 198 g/mol. The summed E-state index contributed by atoms with van der Waals surface area (Å²) in [6, 6.07) is 2.51. The Bertz CT molecular complexity index is 288. The molecule has 2 aliphatic rings. The SMILES string of the molecule is CC1CCCCC1(O)C1(C#N)CCCCC1. The molecule has 0 radical (unpaired) electrons. The molecule has 0 heterocycles. The van der Waals surface area contributed by atoms with Crippen LogP contribution in [0.1, 0.15) is 64.7 Å². The van der Waals surface area contributed by atoms with Crippen molar-refractivity contribution < 1.29 is 5.11 Å². The van der Waals surface area contributed by atoms with E-state index in [1.807, 2.05) is 0 Å². The van der Waals surface area contributed by atoms with E-state index >= 15 is 0 Å². The van der Waals surface area contributed by atoms with Gasteiger partial charge in [0.2, 0.25) is 0 Å². The van der Waals surface area contributed by atoms with Gasteiger partial charge >= 0.3 is 0 Å². The molecule has 2 heteroatoms. The summed E-state index contributed by atoms with van der Waals surface area (Å²) in [7, 11) is 0. The predicted molar refractivity (Wildman–Crippen MR) is 63.7 cm³/mol. The average Bonchev–Trinajstić information content (AvgIpc) is 2.34. The first-order valence-corrected chi connectivity index (χ1v) is 6.78. The van der Waals surface area contributed by atoms with Gasteiger partial charge in [0, 0.05) is 0 Å². The molecule has 0 saturated heterocycles. The third-order valence-electron chi connectivity index (χ3n) is 5.01. The normalized spacial score (nSPS) is 38.9. The number of hydrogen-bond acceptors (Lipinski definition) is 2. The van der Waals surface area contributed by atoms with Gasteiger partial charge in [-0.25, -0.2) is 0 Å². The van der Waals surface area contributed by atoms with Crippen LogP contribution in [0, 0.1) is 22.7 Å². The molecule has 0 aliphatic heterocycles. The Labute approximate surface area is 98.7 Å². The molecular formula is C14H23NO. The Morgan fingerprint density at radius 2 is 1.69 bits per heavy atom. The molecule has 2 atom stereocenters. The van der Waals surface area contributed by atoms with Gasteiger partial charge in [0.05, 0.1) is 17.1 Å². The number of hydrogen-bond donors (Lipinski definition) is 1. The van der Waals surface area contributed by atoms with Crippen LogP contribution in [-0.2, 0) is 0 Å². The number of nitrogens with zero attached hydrogens (tertiary/aromatic N) is 1. The summed E-state index contributed by atoms with van der Waals surface area (Å²) in [6.07, 6.45) is 9.49. The second-order valence-corrected chi connectivity index (χ2v) is 5.83. The Kier molecular flexibility index (Phi) is 3.26. The van der Waals surface area contributed by atoms with Crippen molar-refractivity contribution in [3.8, 4) is 6.07 Å². The van der Waals surface area contributed by atoms with Crippen molar-refractivity contribution in [3.63, 3.8) is 0 Å². The maximum absolute atomic E-state index is 11.0. The lowest BCUT2D eigenvalue weighted by molar-refractivity contribution is -0.131. The van der Waals surface area contributed by atoms with Crippen LogP contribution in [0.3, 0.4) is 0 Å². The molecule has 0 spiro atoms. The van der Waals surface area contributed by atoms with Crippen LogP contribution in [0.5, 0.6) is 0 Å². The summed E-state index contributed by atoms with van der Waals surface area (Å²) < 4.78 is 0. The molecule has 2 unspecified atom stereocenters. The summed E-state index contributed by atoms with van der Waals surface area (Å²) in [5, 5.41) is 20.6. The molecule has 16 heavy (non-hydrogen) atoms. The van der Waals surface area contributed by atoms with Gasteiger partial charge in [0.25, 0.3) is 0 Å². The van der Waals surface area contributed by atoms with E-state index in [1.165, 1.54) is 12.8 Å². The minimum absolute atomic E-state index is 0.291. The monoisotopic (exact) mass is 221 g/mol. The molecule has 1 N–H and O–H groups in total. The topological polar surface area (TPSA) is 44.0 Å². The van der Waals surface area contributed by atoms with Crippen LogP contribution in [0.4, 0.5) is 0 Å². The van der Waals surface area contributed by atoms with Gasteiger partial charge < -0.3 is 5.11 Å². The van der Waals surface area contributed by atoms with E-state index in [9.17, 15) is 10.4 Å².